The monoisotopic (exact) mass is 370 g/mol. The molecule has 0 atom stereocenters. The lowest BCUT2D eigenvalue weighted by Crippen LogP contribution is -2.48. The van der Waals surface area contributed by atoms with Crippen LogP contribution in [-0.2, 0) is 4.12 Å². The van der Waals surface area contributed by atoms with Crippen molar-refractivity contribution in [2.24, 2.45) is 0 Å². The zero-order chi connectivity index (χ0) is 17.7. The summed E-state index contributed by atoms with van der Waals surface area (Å²) in [6, 6.07) is 0. The second kappa shape index (κ2) is 6.51. The lowest BCUT2D eigenvalue weighted by molar-refractivity contribution is 0.560. The molecule has 136 valence electrons. The predicted molar refractivity (Wildman–Crippen MR) is 112 cm³/mol. The Morgan fingerprint density at radius 1 is 0.640 bits per heavy atom. The van der Waals surface area contributed by atoms with Crippen molar-refractivity contribution in [3.63, 3.8) is 0 Å². The molecule has 0 amide bonds. The average molecular weight is 371 g/mol. The fourth-order valence-electron chi connectivity index (χ4n) is 5.70. The molecule has 4 aliphatic carbocycles. The van der Waals surface area contributed by atoms with E-state index < -0.39 is 16.6 Å². The van der Waals surface area contributed by atoms with Gasteiger partial charge in [0.15, 0.2) is 0 Å². The molecule has 0 spiro atoms. The summed E-state index contributed by atoms with van der Waals surface area (Å²) in [7, 11) is -3.67. The van der Waals surface area contributed by atoms with Crippen LogP contribution < -0.4 is 0 Å². The third kappa shape index (κ3) is 3.24. The molecule has 0 aliphatic heterocycles. The fraction of sp³-hybridized carbons (Fsp3) is 0.636. The number of hydrogen-bond acceptors (Lipinski definition) is 1. The Morgan fingerprint density at radius 2 is 1.04 bits per heavy atom. The highest BCUT2D eigenvalue weighted by Gasteiger charge is 2.43. The van der Waals surface area contributed by atoms with Crippen LogP contribution in [0.3, 0.4) is 0 Å². The first-order valence-corrected chi connectivity index (χ1v) is 16.2. The van der Waals surface area contributed by atoms with Crippen LogP contribution in [0.4, 0.5) is 0 Å². The minimum Gasteiger partial charge on any atom is -0.449 e. The van der Waals surface area contributed by atoms with E-state index in [2.05, 4.69) is 38.3 Å². The van der Waals surface area contributed by atoms with Gasteiger partial charge in [-0.15, -0.1) is 0 Å². The first kappa shape index (κ1) is 17.8. The van der Waals surface area contributed by atoms with Gasteiger partial charge in [0, 0.05) is 0 Å². The van der Waals surface area contributed by atoms with Crippen LogP contribution in [-0.4, -0.2) is 16.6 Å². The van der Waals surface area contributed by atoms with Crippen LogP contribution >= 0.6 is 0 Å². The topological polar surface area (TPSA) is 9.23 Å². The standard InChI is InChI=1S/C22H34OSi2/c1-24(2,21-15-13-17-9-5-7-11-19(17)21)23-25(3,4)22-16-14-18-10-6-8-12-20(18)22/h15-16H,5-14H2,1-4H3. The molecule has 0 aromatic carbocycles. The van der Waals surface area contributed by atoms with Crippen LogP contribution in [0.1, 0.15) is 64.2 Å². The number of hydrogen-bond donors (Lipinski definition) is 0. The maximum Gasteiger partial charge on any atom is 0.206 e. The Kier molecular flexibility index (Phi) is 4.62. The van der Waals surface area contributed by atoms with Crippen molar-refractivity contribution in [3.05, 3.63) is 44.8 Å². The SMILES string of the molecule is C[Si](C)(O[Si](C)(C)C1=CCC2=C1CCCC2)C1=CCC2=C1CCCC2. The van der Waals surface area contributed by atoms with E-state index in [0.29, 0.717) is 0 Å². The van der Waals surface area contributed by atoms with Gasteiger partial charge < -0.3 is 4.12 Å². The molecule has 3 heteroatoms. The molecule has 0 aromatic rings. The van der Waals surface area contributed by atoms with Gasteiger partial charge in [-0.05, 0) is 112 Å². The van der Waals surface area contributed by atoms with Gasteiger partial charge >= 0.3 is 0 Å². The second-order valence-corrected chi connectivity index (χ2v) is 17.3. The fourth-order valence-corrected chi connectivity index (χ4v) is 14.9. The molecule has 0 radical (unpaired) electrons. The maximum atomic E-state index is 7.16. The highest BCUT2D eigenvalue weighted by Crippen LogP contribution is 2.45. The van der Waals surface area contributed by atoms with Crippen molar-refractivity contribution < 1.29 is 4.12 Å². The van der Waals surface area contributed by atoms with Gasteiger partial charge in [0.05, 0.1) is 0 Å². The molecule has 25 heavy (non-hydrogen) atoms. The number of rotatable bonds is 4. The molecule has 0 unspecified atom stereocenters. The third-order valence-corrected chi connectivity index (χ3v) is 14.4. The predicted octanol–water partition coefficient (Wildman–Crippen LogP) is 6.89. The van der Waals surface area contributed by atoms with E-state index in [1.54, 1.807) is 32.7 Å². The molecule has 1 nitrogen and oxygen atoms in total. The van der Waals surface area contributed by atoms with E-state index in [0.717, 1.165) is 0 Å². The summed E-state index contributed by atoms with van der Waals surface area (Å²) in [4.78, 5) is 0. The first-order valence-electron chi connectivity index (χ1n) is 10.4. The minimum absolute atomic E-state index is 1.21. The van der Waals surface area contributed by atoms with Crippen LogP contribution in [0.2, 0.25) is 26.2 Å². The normalized spacial score (nSPS) is 24.3. The highest BCUT2D eigenvalue weighted by molar-refractivity contribution is 6.92. The largest absolute Gasteiger partial charge is 0.449 e. The summed E-state index contributed by atoms with van der Waals surface area (Å²) in [5.74, 6) is 0. The van der Waals surface area contributed by atoms with Crippen molar-refractivity contribution in [1.82, 2.24) is 0 Å². The summed E-state index contributed by atoms with van der Waals surface area (Å²) in [5, 5.41) is 3.30. The Balaban J connectivity index is 1.56. The van der Waals surface area contributed by atoms with Crippen molar-refractivity contribution in [2.75, 3.05) is 0 Å². The summed E-state index contributed by atoms with van der Waals surface area (Å²) in [6.07, 6.45) is 18.3. The molecule has 4 rings (SSSR count). The Labute approximate surface area is 156 Å². The van der Waals surface area contributed by atoms with E-state index in [9.17, 15) is 0 Å². The zero-order valence-corrected chi connectivity index (χ0v) is 18.6. The zero-order valence-electron chi connectivity index (χ0n) is 16.6. The van der Waals surface area contributed by atoms with E-state index >= 15 is 0 Å². The van der Waals surface area contributed by atoms with Gasteiger partial charge in [0.2, 0.25) is 16.6 Å². The van der Waals surface area contributed by atoms with Crippen LogP contribution in [0.15, 0.2) is 44.8 Å². The van der Waals surface area contributed by atoms with Crippen molar-refractivity contribution >= 4 is 16.6 Å². The molecular formula is C22H34OSi2. The summed E-state index contributed by atoms with van der Waals surface area (Å²) in [5.41, 5.74) is 6.90. The quantitative estimate of drug-likeness (QED) is 0.489. The van der Waals surface area contributed by atoms with Gasteiger partial charge in [-0.3, -0.25) is 0 Å². The van der Waals surface area contributed by atoms with Gasteiger partial charge in [-0.25, -0.2) is 0 Å². The molecule has 0 aromatic heterocycles. The van der Waals surface area contributed by atoms with E-state index in [-0.39, 0.29) is 0 Å². The number of allylic oxidation sites excluding steroid dienone is 8. The second-order valence-electron chi connectivity index (χ2n) is 9.34. The summed E-state index contributed by atoms with van der Waals surface area (Å²) >= 11 is 0. The molecule has 0 heterocycles. The maximum absolute atomic E-state index is 7.16. The molecule has 0 saturated heterocycles. The molecule has 0 saturated carbocycles. The van der Waals surface area contributed by atoms with E-state index in [4.69, 9.17) is 4.12 Å². The third-order valence-electron chi connectivity index (χ3n) is 6.73. The molecule has 0 fully saturated rings. The summed E-state index contributed by atoms with van der Waals surface area (Å²) < 4.78 is 7.16. The van der Waals surface area contributed by atoms with E-state index in [1.807, 2.05) is 0 Å². The van der Waals surface area contributed by atoms with Crippen LogP contribution in [0.5, 0.6) is 0 Å². The van der Waals surface area contributed by atoms with Crippen LogP contribution in [0, 0.1) is 0 Å². The molecule has 0 bridgehead atoms. The Hall–Kier alpha value is -0.646. The highest BCUT2D eigenvalue weighted by atomic mass is 28.4. The molecular weight excluding hydrogens is 336 g/mol. The van der Waals surface area contributed by atoms with E-state index in [1.165, 1.54) is 64.2 Å². The van der Waals surface area contributed by atoms with Crippen molar-refractivity contribution in [1.29, 1.82) is 0 Å². The van der Waals surface area contributed by atoms with Gasteiger partial charge in [0.25, 0.3) is 0 Å². The lowest BCUT2D eigenvalue weighted by atomic mass is 9.94. The van der Waals surface area contributed by atoms with Crippen molar-refractivity contribution in [2.45, 2.75) is 90.4 Å². The van der Waals surface area contributed by atoms with Crippen molar-refractivity contribution in [3.8, 4) is 0 Å². The molecule has 0 N–H and O–H groups in total. The van der Waals surface area contributed by atoms with Gasteiger partial charge in [0.1, 0.15) is 0 Å². The average Bonchev–Trinajstić information content (AvgIpc) is 3.18. The van der Waals surface area contributed by atoms with Gasteiger partial charge in [-0.2, -0.15) is 0 Å². The summed E-state index contributed by atoms with van der Waals surface area (Å²) in [6.45, 7) is 9.85. The van der Waals surface area contributed by atoms with Crippen LogP contribution in [0.25, 0.3) is 0 Å². The first-order chi connectivity index (χ1) is 11.9. The van der Waals surface area contributed by atoms with Gasteiger partial charge in [-0.1, -0.05) is 23.3 Å². The smallest absolute Gasteiger partial charge is 0.206 e. The minimum atomic E-state index is -1.84. The Morgan fingerprint density at radius 3 is 1.48 bits per heavy atom. The molecule has 4 aliphatic rings. The lowest BCUT2D eigenvalue weighted by Gasteiger charge is -2.38. The Bertz CT molecular complexity index is 644.